The lowest BCUT2D eigenvalue weighted by Gasteiger charge is -2.27. The molecule has 1 aliphatic heterocycles. The van der Waals surface area contributed by atoms with Gasteiger partial charge in [-0.3, -0.25) is 10.1 Å². The summed E-state index contributed by atoms with van der Waals surface area (Å²) in [5, 5.41) is 14.1. The highest BCUT2D eigenvalue weighted by molar-refractivity contribution is 5.96. The number of para-hydroxylation sites is 2. The van der Waals surface area contributed by atoms with Crippen LogP contribution in [0.5, 0.6) is 11.5 Å². The molecule has 0 saturated carbocycles. The summed E-state index contributed by atoms with van der Waals surface area (Å²) in [5.41, 5.74) is 0.375. The van der Waals surface area contributed by atoms with E-state index in [0.29, 0.717) is 30.3 Å². The molecule has 8 heteroatoms. The van der Waals surface area contributed by atoms with Crippen LogP contribution in [-0.2, 0) is 4.74 Å². The van der Waals surface area contributed by atoms with Crippen LogP contribution in [0.15, 0.2) is 42.5 Å². The molecule has 0 fully saturated rings. The van der Waals surface area contributed by atoms with Crippen LogP contribution in [0.2, 0.25) is 0 Å². The van der Waals surface area contributed by atoms with Gasteiger partial charge in [-0.15, -0.1) is 0 Å². The first-order valence-corrected chi connectivity index (χ1v) is 8.16. The number of ether oxygens (including phenoxy) is 3. The molecule has 1 atom stereocenters. The Morgan fingerprint density at radius 2 is 2.08 bits per heavy atom. The fourth-order valence-corrected chi connectivity index (χ4v) is 2.57. The second-order valence-corrected chi connectivity index (χ2v) is 5.59. The minimum Gasteiger partial charge on any atom is -0.486 e. The maximum absolute atomic E-state index is 12.1. The van der Waals surface area contributed by atoms with Gasteiger partial charge in [-0.05, 0) is 25.1 Å². The van der Waals surface area contributed by atoms with Crippen LogP contribution in [-0.4, -0.2) is 36.8 Å². The summed E-state index contributed by atoms with van der Waals surface area (Å²) < 4.78 is 16.5. The van der Waals surface area contributed by atoms with Gasteiger partial charge in [0.1, 0.15) is 12.7 Å². The molecule has 3 rings (SSSR count). The standard InChI is InChI=1S/C18H18N2O6/c1-2-24-18(21)14-9-12(20(22)23)7-8-15(14)19-10-13-11-25-16-5-3-4-6-17(16)26-13/h3-9,13,19H,2,10-11H2,1H3/t13-/m1/s1. The number of non-ortho nitro benzene ring substituents is 1. The average Bonchev–Trinajstić information content (AvgIpc) is 2.66. The van der Waals surface area contributed by atoms with Crippen molar-refractivity contribution in [2.45, 2.75) is 13.0 Å². The number of fused-ring (bicyclic) bond motifs is 1. The van der Waals surface area contributed by atoms with E-state index in [1.807, 2.05) is 24.3 Å². The van der Waals surface area contributed by atoms with Crippen molar-refractivity contribution in [3.63, 3.8) is 0 Å². The lowest BCUT2D eigenvalue weighted by atomic mass is 10.1. The highest BCUT2D eigenvalue weighted by atomic mass is 16.6. The van der Waals surface area contributed by atoms with Gasteiger partial charge in [0.15, 0.2) is 11.5 Å². The first-order valence-electron chi connectivity index (χ1n) is 8.16. The highest BCUT2D eigenvalue weighted by Gasteiger charge is 2.22. The zero-order valence-corrected chi connectivity index (χ0v) is 14.1. The van der Waals surface area contributed by atoms with Gasteiger partial charge in [-0.25, -0.2) is 4.79 Å². The number of benzene rings is 2. The van der Waals surface area contributed by atoms with Gasteiger partial charge in [-0.1, -0.05) is 12.1 Å². The number of nitrogens with zero attached hydrogens (tertiary/aromatic N) is 1. The molecule has 0 unspecified atom stereocenters. The Hall–Kier alpha value is -3.29. The molecular weight excluding hydrogens is 340 g/mol. The van der Waals surface area contributed by atoms with Gasteiger partial charge in [0.2, 0.25) is 0 Å². The van der Waals surface area contributed by atoms with E-state index in [1.165, 1.54) is 18.2 Å². The van der Waals surface area contributed by atoms with Gasteiger partial charge in [-0.2, -0.15) is 0 Å². The van der Waals surface area contributed by atoms with Crippen LogP contribution in [0.25, 0.3) is 0 Å². The highest BCUT2D eigenvalue weighted by Crippen LogP contribution is 2.31. The topological polar surface area (TPSA) is 99.9 Å². The maximum atomic E-state index is 12.1. The van der Waals surface area contributed by atoms with E-state index in [9.17, 15) is 14.9 Å². The number of nitrogens with one attached hydrogen (secondary N) is 1. The minimum atomic E-state index is -0.621. The molecule has 0 amide bonds. The molecule has 0 aliphatic carbocycles. The Morgan fingerprint density at radius 3 is 2.81 bits per heavy atom. The molecule has 1 aliphatic rings. The van der Waals surface area contributed by atoms with E-state index in [4.69, 9.17) is 14.2 Å². The molecule has 0 saturated heterocycles. The molecule has 0 aromatic heterocycles. The first-order chi connectivity index (χ1) is 12.6. The van der Waals surface area contributed by atoms with E-state index in [2.05, 4.69) is 5.32 Å². The summed E-state index contributed by atoms with van der Waals surface area (Å²) in [6, 6.07) is 11.4. The zero-order valence-electron chi connectivity index (χ0n) is 14.1. The lowest BCUT2D eigenvalue weighted by Crippen LogP contribution is -2.35. The molecule has 8 nitrogen and oxygen atoms in total. The normalized spacial score (nSPS) is 15.2. The third kappa shape index (κ3) is 3.85. The quantitative estimate of drug-likeness (QED) is 0.481. The molecule has 26 heavy (non-hydrogen) atoms. The van der Waals surface area contributed by atoms with Gasteiger partial charge < -0.3 is 19.5 Å². The molecule has 2 aromatic carbocycles. The fraction of sp³-hybridized carbons (Fsp3) is 0.278. The number of rotatable bonds is 6. The van der Waals surface area contributed by atoms with Gasteiger partial charge >= 0.3 is 5.97 Å². The number of carbonyl (C=O) groups is 1. The Morgan fingerprint density at radius 1 is 1.31 bits per heavy atom. The summed E-state index contributed by atoms with van der Waals surface area (Å²) in [6.45, 7) is 2.56. The predicted octanol–water partition coefficient (Wildman–Crippen LogP) is 3.02. The minimum absolute atomic E-state index is 0.109. The maximum Gasteiger partial charge on any atom is 0.340 e. The molecular formula is C18H18N2O6. The number of hydrogen-bond donors (Lipinski definition) is 1. The van der Waals surface area contributed by atoms with Crippen molar-refractivity contribution in [2.75, 3.05) is 25.1 Å². The molecule has 0 radical (unpaired) electrons. The van der Waals surface area contributed by atoms with Crippen LogP contribution in [0, 0.1) is 10.1 Å². The number of carbonyl (C=O) groups excluding carboxylic acids is 1. The van der Waals surface area contributed by atoms with E-state index < -0.39 is 10.9 Å². The van der Waals surface area contributed by atoms with Crippen molar-refractivity contribution in [3.8, 4) is 11.5 Å². The molecule has 0 bridgehead atoms. The number of nitro benzene ring substituents is 1. The molecule has 1 N–H and O–H groups in total. The lowest BCUT2D eigenvalue weighted by molar-refractivity contribution is -0.384. The Labute approximate surface area is 149 Å². The van der Waals surface area contributed by atoms with Gasteiger partial charge in [0.05, 0.1) is 23.6 Å². The van der Waals surface area contributed by atoms with E-state index in [-0.39, 0.29) is 24.0 Å². The smallest absolute Gasteiger partial charge is 0.340 e. The summed E-state index contributed by atoms with van der Waals surface area (Å²) >= 11 is 0. The predicted molar refractivity (Wildman–Crippen MR) is 93.9 cm³/mol. The van der Waals surface area contributed by atoms with Gasteiger partial charge in [0, 0.05) is 17.8 Å². The number of esters is 1. The second-order valence-electron chi connectivity index (χ2n) is 5.59. The number of nitro groups is 1. The summed E-state index contributed by atoms with van der Waals surface area (Å²) in [5.74, 6) is 0.719. The SMILES string of the molecule is CCOC(=O)c1cc([N+](=O)[O-])ccc1NC[C@@H]1COc2ccccc2O1. The van der Waals surface area contributed by atoms with Crippen molar-refractivity contribution in [1.29, 1.82) is 0 Å². The van der Waals surface area contributed by atoms with Crippen molar-refractivity contribution < 1.29 is 23.9 Å². The summed E-state index contributed by atoms with van der Waals surface area (Å²) in [4.78, 5) is 22.5. The summed E-state index contributed by atoms with van der Waals surface area (Å²) in [6.07, 6.45) is -0.268. The fourth-order valence-electron chi connectivity index (χ4n) is 2.57. The van der Waals surface area contributed by atoms with Crippen molar-refractivity contribution in [1.82, 2.24) is 0 Å². The molecule has 0 spiro atoms. The summed E-state index contributed by atoms with van der Waals surface area (Å²) in [7, 11) is 0. The third-order valence-electron chi connectivity index (χ3n) is 3.80. The van der Waals surface area contributed by atoms with Crippen molar-refractivity contribution in [2.24, 2.45) is 0 Å². The van der Waals surface area contributed by atoms with Crippen molar-refractivity contribution >= 4 is 17.3 Å². The van der Waals surface area contributed by atoms with Crippen LogP contribution in [0.1, 0.15) is 17.3 Å². The van der Waals surface area contributed by atoms with E-state index >= 15 is 0 Å². The average molecular weight is 358 g/mol. The Kier molecular flexibility index (Phi) is 5.21. The van der Waals surface area contributed by atoms with Gasteiger partial charge in [0.25, 0.3) is 5.69 Å². The van der Waals surface area contributed by atoms with Crippen LogP contribution >= 0.6 is 0 Å². The number of hydrogen-bond acceptors (Lipinski definition) is 7. The van der Waals surface area contributed by atoms with Crippen LogP contribution in [0.4, 0.5) is 11.4 Å². The van der Waals surface area contributed by atoms with Crippen LogP contribution < -0.4 is 14.8 Å². The number of anilines is 1. The third-order valence-corrected chi connectivity index (χ3v) is 3.80. The Bertz CT molecular complexity index is 823. The molecule has 2 aromatic rings. The van der Waals surface area contributed by atoms with Crippen LogP contribution in [0.3, 0.4) is 0 Å². The van der Waals surface area contributed by atoms with E-state index in [0.717, 1.165) is 0 Å². The largest absolute Gasteiger partial charge is 0.486 e. The monoisotopic (exact) mass is 358 g/mol. The first kappa shape index (κ1) is 17.5. The molecule has 136 valence electrons. The molecule has 1 heterocycles. The van der Waals surface area contributed by atoms with E-state index in [1.54, 1.807) is 6.92 Å². The Balaban J connectivity index is 1.73. The second kappa shape index (κ2) is 7.73. The van der Waals surface area contributed by atoms with Crippen molar-refractivity contribution in [3.05, 3.63) is 58.1 Å². The zero-order chi connectivity index (χ0) is 18.5.